The van der Waals surface area contributed by atoms with Gasteiger partial charge in [0.05, 0.1) is 17.8 Å². The van der Waals surface area contributed by atoms with Gasteiger partial charge in [0, 0.05) is 25.4 Å². The summed E-state index contributed by atoms with van der Waals surface area (Å²) in [5.74, 6) is 0.446. The van der Waals surface area contributed by atoms with Crippen molar-refractivity contribution in [2.45, 2.75) is 75.7 Å². The lowest BCUT2D eigenvalue weighted by Gasteiger charge is -2.29. The second kappa shape index (κ2) is 8.64. The number of aliphatic hydroxyl groups is 1. The minimum atomic E-state index is -0.537. The summed E-state index contributed by atoms with van der Waals surface area (Å²) < 4.78 is 5.41. The summed E-state index contributed by atoms with van der Waals surface area (Å²) in [5, 5.41) is 16.3. The lowest BCUT2D eigenvalue weighted by Crippen LogP contribution is -2.31. The molecule has 2 aliphatic carbocycles. The Morgan fingerprint density at radius 1 is 1.12 bits per heavy atom. The summed E-state index contributed by atoms with van der Waals surface area (Å²) in [6, 6.07) is 0.481. The number of ether oxygens (including phenoxy) is 1. The van der Waals surface area contributed by atoms with Crippen LogP contribution < -0.4 is 16.4 Å². The first-order valence-corrected chi connectivity index (χ1v) is 9.46. The van der Waals surface area contributed by atoms with Crippen molar-refractivity contribution in [3.05, 3.63) is 11.8 Å². The third-order valence-electron chi connectivity index (χ3n) is 5.43. The number of hydrogen-bond acceptors (Lipinski definition) is 7. The number of carbonyl (C=O) groups is 1. The van der Waals surface area contributed by atoms with Crippen molar-refractivity contribution in [2.24, 2.45) is 5.73 Å². The van der Waals surface area contributed by atoms with Crippen molar-refractivity contribution in [2.75, 3.05) is 17.7 Å². The van der Waals surface area contributed by atoms with E-state index < -0.39 is 5.91 Å². The monoisotopic (exact) mass is 363 g/mol. The molecule has 0 aliphatic heterocycles. The van der Waals surface area contributed by atoms with Crippen LogP contribution in [0.25, 0.3) is 0 Å². The van der Waals surface area contributed by atoms with Gasteiger partial charge in [-0.25, -0.2) is 4.98 Å². The minimum absolute atomic E-state index is 0.203. The highest BCUT2D eigenvalue weighted by Gasteiger charge is 2.24. The third-order valence-corrected chi connectivity index (χ3v) is 5.43. The van der Waals surface area contributed by atoms with Crippen LogP contribution >= 0.6 is 0 Å². The van der Waals surface area contributed by atoms with E-state index in [2.05, 4.69) is 20.6 Å². The Morgan fingerprint density at radius 2 is 1.73 bits per heavy atom. The molecule has 5 N–H and O–H groups in total. The fourth-order valence-corrected chi connectivity index (χ4v) is 3.78. The van der Waals surface area contributed by atoms with Gasteiger partial charge in [0.25, 0.3) is 5.91 Å². The minimum Gasteiger partial charge on any atom is -0.393 e. The average Bonchev–Trinajstić information content (AvgIpc) is 2.64. The molecule has 0 radical (unpaired) electrons. The molecule has 3 rings (SSSR count). The highest BCUT2D eigenvalue weighted by atomic mass is 16.5. The normalized spacial score (nSPS) is 29.2. The molecule has 0 atom stereocenters. The van der Waals surface area contributed by atoms with E-state index in [1.165, 1.54) is 6.20 Å². The number of primary amides is 1. The molecule has 144 valence electrons. The predicted molar refractivity (Wildman–Crippen MR) is 99.1 cm³/mol. The standard InChI is InChI=1S/C18H29N5O3/c1-26-14-8-4-11(5-9-14)21-17-15(16(19)25)10-20-18(23-17)22-12-2-6-13(24)7-3-12/h10-14,24H,2-9H2,1H3,(H2,19,25)(H2,20,21,22,23)/t11-,12-,13-,14-. The summed E-state index contributed by atoms with van der Waals surface area (Å²) in [6.07, 6.45) is 8.82. The average molecular weight is 363 g/mol. The smallest absolute Gasteiger partial charge is 0.254 e. The maximum atomic E-state index is 11.7. The van der Waals surface area contributed by atoms with Gasteiger partial charge >= 0.3 is 0 Å². The number of aliphatic hydroxyl groups excluding tert-OH is 1. The van der Waals surface area contributed by atoms with Crippen LogP contribution in [0.2, 0.25) is 0 Å². The van der Waals surface area contributed by atoms with E-state index in [-0.39, 0.29) is 18.2 Å². The van der Waals surface area contributed by atoms with Gasteiger partial charge in [-0.15, -0.1) is 0 Å². The molecule has 1 aromatic heterocycles. The van der Waals surface area contributed by atoms with Crippen LogP contribution in [0.3, 0.4) is 0 Å². The fraction of sp³-hybridized carbons (Fsp3) is 0.722. The number of anilines is 2. The molecule has 0 spiro atoms. The van der Waals surface area contributed by atoms with E-state index in [1.54, 1.807) is 7.11 Å². The van der Waals surface area contributed by atoms with Gasteiger partial charge in [-0.2, -0.15) is 4.98 Å². The molecule has 1 heterocycles. The number of aromatic nitrogens is 2. The quantitative estimate of drug-likeness (QED) is 0.606. The van der Waals surface area contributed by atoms with Gasteiger partial charge in [0.1, 0.15) is 5.82 Å². The van der Waals surface area contributed by atoms with Crippen LogP contribution in [-0.4, -0.2) is 52.4 Å². The second-order valence-electron chi connectivity index (χ2n) is 7.32. The zero-order valence-corrected chi connectivity index (χ0v) is 15.3. The first-order chi connectivity index (χ1) is 12.5. The van der Waals surface area contributed by atoms with Crippen LogP contribution in [-0.2, 0) is 4.74 Å². The Kier molecular flexibility index (Phi) is 6.26. The molecule has 0 aromatic carbocycles. The van der Waals surface area contributed by atoms with Crippen molar-refractivity contribution in [1.29, 1.82) is 0 Å². The van der Waals surface area contributed by atoms with E-state index in [4.69, 9.17) is 10.5 Å². The number of hydrogen-bond donors (Lipinski definition) is 4. The summed E-state index contributed by atoms with van der Waals surface area (Å²) in [6.45, 7) is 0. The highest BCUT2D eigenvalue weighted by molar-refractivity contribution is 5.97. The van der Waals surface area contributed by atoms with Crippen molar-refractivity contribution in [3.8, 4) is 0 Å². The Morgan fingerprint density at radius 3 is 2.35 bits per heavy atom. The number of nitrogens with one attached hydrogen (secondary N) is 2. The first-order valence-electron chi connectivity index (χ1n) is 9.46. The van der Waals surface area contributed by atoms with E-state index in [9.17, 15) is 9.90 Å². The summed E-state index contributed by atoms with van der Waals surface area (Å²) in [7, 11) is 1.75. The van der Waals surface area contributed by atoms with Crippen LogP contribution in [0.1, 0.15) is 61.7 Å². The van der Waals surface area contributed by atoms with Gasteiger partial charge in [-0.1, -0.05) is 0 Å². The largest absolute Gasteiger partial charge is 0.393 e. The molecule has 0 bridgehead atoms. The van der Waals surface area contributed by atoms with Crippen molar-refractivity contribution >= 4 is 17.7 Å². The van der Waals surface area contributed by atoms with Crippen LogP contribution in [0.15, 0.2) is 6.20 Å². The predicted octanol–water partition coefficient (Wildman–Crippen LogP) is 1.66. The number of carbonyl (C=O) groups excluding carboxylic acids is 1. The fourth-order valence-electron chi connectivity index (χ4n) is 3.78. The number of nitrogens with two attached hydrogens (primary N) is 1. The Hall–Kier alpha value is -1.93. The topological polar surface area (TPSA) is 122 Å². The Bertz CT molecular complexity index is 611. The number of rotatable bonds is 6. The Balaban J connectivity index is 1.67. The Labute approximate surface area is 153 Å². The lowest BCUT2D eigenvalue weighted by molar-refractivity contribution is 0.0681. The van der Waals surface area contributed by atoms with Crippen LogP contribution in [0, 0.1) is 0 Å². The van der Waals surface area contributed by atoms with E-state index >= 15 is 0 Å². The summed E-state index contributed by atoms with van der Waals surface area (Å²) in [4.78, 5) is 20.5. The zero-order chi connectivity index (χ0) is 18.5. The zero-order valence-electron chi connectivity index (χ0n) is 15.3. The number of methoxy groups -OCH3 is 1. The summed E-state index contributed by atoms with van der Waals surface area (Å²) >= 11 is 0. The molecule has 8 heteroatoms. The third kappa shape index (κ3) is 4.82. The molecule has 26 heavy (non-hydrogen) atoms. The van der Waals surface area contributed by atoms with Crippen molar-refractivity contribution in [1.82, 2.24) is 9.97 Å². The van der Waals surface area contributed by atoms with Gasteiger partial charge in [-0.3, -0.25) is 4.79 Å². The van der Waals surface area contributed by atoms with Gasteiger partial charge in [0.15, 0.2) is 0 Å². The SMILES string of the molecule is CO[C@H]1CC[C@H](Nc2nc(N[C@H]3CC[C@H](O)CC3)ncc2C(N)=O)CC1. The maximum absolute atomic E-state index is 11.7. The van der Waals surface area contributed by atoms with E-state index in [0.717, 1.165) is 51.4 Å². The number of nitrogens with zero attached hydrogens (tertiary/aromatic N) is 2. The molecule has 2 saturated carbocycles. The van der Waals surface area contributed by atoms with Crippen LogP contribution in [0.4, 0.5) is 11.8 Å². The van der Waals surface area contributed by atoms with Gasteiger partial charge in [0.2, 0.25) is 5.95 Å². The molecule has 0 saturated heterocycles. The molecule has 2 fully saturated rings. The molecule has 8 nitrogen and oxygen atoms in total. The van der Waals surface area contributed by atoms with Crippen molar-refractivity contribution in [3.63, 3.8) is 0 Å². The van der Waals surface area contributed by atoms with E-state index in [1.807, 2.05) is 0 Å². The summed E-state index contributed by atoms with van der Waals surface area (Å²) in [5.41, 5.74) is 5.79. The second-order valence-corrected chi connectivity index (χ2v) is 7.32. The molecular weight excluding hydrogens is 334 g/mol. The molecular formula is C18H29N5O3. The number of amides is 1. The lowest BCUT2D eigenvalue weighted by atomic mass is 9.93. The first kappa shape index (κ1) is 18.8. The molecule has 1 aromatic rings. The molecule has 0 unspecified atom stereocenters. The van der Waals surface area contributed by atoms with Gasteiger partial charge in [-0.05, 0) is 51.4 Å². The molecule has 2 aliphatic rings. The van der Waals surface area contributed by atoms with E-state index in [0.29, 0.717) is 23.4 Å². The van der Waals surface area contributed by atoms with Gasteiger partial charge < -0.3 is 26.2 Å². The molecule has 1 amide bonds. The maximum Gasteiger partial charge on any atom is 0.254 e. The highest BCUT2D eigenvalue weighted by Crippen LogP contribution is 2.26. The van der Waals surface area contributed by atoms with Crippen LogP contribution in [0.5, 0.6) is 0 Å². The van der Waals surface area contributed by atoms with Crippen molar-refractivity contribution < 1.29 is 14.6 Å².